The van der Waals surface area contributed by atoms with E-state index in [0.717, 1.165) is 39.3 Å². The van der Waals surface area contributed by atoms with E-state index in [1.54, 1.807) is 11.1 Å². The summed E-state index contributed by atoms with van der Waals surface area (Å²) in [5, 5.41) is 3.51. The highest BCUT2D eigenvalue weighted by Crippen LogP contribution is 2.41. The fourth-order valence-electron chi connectivity index (χ4n) is 5.29. The summed E-state index contributed by atoms with van der Waals surface area (Å²) in [4.78, 5) is 5.32. The van der Waals surface area contributed by atoms with Crippen molar-refractivity contribution in [1.82, 2.24) is 10.2 Å². The van der Waals surface area contributed by atoms with E-state index in [1.165, 1.54) is 36.1 Å². The zero-order valence-electron chi connectivity index (χ0n) is 18.3. The van der Waals surface area contributed by atoms with Gasteiger partial charge in [0.2, 0.25) is 0 Å². The van der Waals surface area contributed by atoms with Gasteiger partial charge < -0.3 is 10.2 Å². The molecule has 2 aliphatic rings. The van der Waals surface area contributed by atoms with E-state index < -0.39 is 0 Å². The average Bonchev–Trinajstić information content (AvgIpc) is 2.85. The molecule has 3 heteroatoms. The zero-order valence-corrected chi connectivity index (χ0v) is 18.3. The third kappa shape index (κ3) is 4.68. The van der Waals surface area contributed by atoms with E-state index in [2.05, 4.69) is 94.0 Å². The standard InChI is InChI=1S/C28H33N3/c1-3-9-23(10-4-1)21-31(22-24-11-5-2-6-12-24)27-16-8-14-25-13-7-15-26(28(25)27)30-19-17-29-18-20-30/h1-7,9-13,15,27,29H,8,14,16-22H2. The average molecular weight is 412 g/mol. The van der Waals surface area contributed by atoms with Crippen LogP contribution in [0.4, 0.5) is 5.69 Å². The molecule has 0 amide bonds. The molecule has 0 saturated carbocycles. The van der Waals surface area contributed by atoms with Gasteiger partial charge in [0.15, 0.2) is 0 Å². The third-order valence-corrected chi connectivity index (χ3v) is 6.79. The molecule has 3 aromatic rings. The maximum atomic E-state index is 3.51. The molecule has 0 bridgehead atoms. The highest BCUT2D eigenvalue weighted by molar-refractivity contribution is 5.59. The summed E-state index contributed by atoms with van der Waals surface area (Å²) in [6.07, 6.45) is 3.70. The van der Waals surface area contributed by atoms with Crippen LogP contribution in [-0.4, -0.2) is 31.1 Å². The summed E-state index contributed by atoms with van der Waals surface area (Å²) < 4.78 is 0. The molecule has 1 unspecified atom stereocenters. The van der Waals surface area contributed by atoms with Crippen LogP contribution in [-0.2, 0) is 19.5 Å². The van der Waals surface area contributed by atoms with Gasteiger partial charge in [-0.25, -0.2) is 0 Å². The molecule has 1 N–H and O–H groups in total. The summed E-state index contributed by atoms with van der Waals surface area (Å²) in [5.74, 6) is 0. The number of benzene rings is 3. The van der Waals surface area contributed by atoms with Gasteiger partial charge in [-0.2, -0.15) is 0 Å². The minimum Gasteiger partial charge on any atom is -0.369 e. The van der Waals surface area contributed by atoms with Gasteiger partial charge in [0, 0.05) is 51.0 Å². The zero-order chi connectivity index (χ0) is 20.9. The van der Waals surface area contributed by atoms with Gasteiger partial charge in [-0.3, -0.25) is 4.90 Å². The van der Waals surface area contributed by atoms with Crippen molar-refractivity contribution >= 4 is 5.69 Å². The number of hydrogen-bond acceptors (Lipinski definition) is 3. The summed E-state index contributed by atoms with van der Waals surface area (Å²) in [5.41, 5.74) is 7.39. The van der Waals surface area contributed by atoms with Crippen molar-refractivity contribution in [3.63, 3.8) is 0 Å². The van der Waals surface area contributed by atoms with Gasteiger partial charge in [0.05, 0.1) is 0 Å². The van der Waals surface area contributed by atoms with E-state index in [0.29, 0.717) is 6.04 Å². The molecule has 3 aromatic carbocycles. The second kappa shape index (κ2) is 9.67. The molecule has 1 heterocycles. The molecule has 1 saturated heterocycles. The predicted molar refractivity (Wildman–Crippen MR) is 129 cm³/mol. The maximum absolute atomic E-state index is 3.51. The SMILES string of the molecule is c1ccc(CN(Cc2ccccc2)C2CCCc3cccc(N4CCNCC4)c32)cc1. The van der Waals surface area contributed by atoms with Crippen LogP contribution in [0.5, 0.6) is 0 Å². The number of nitrogens with zero attached hydrogens (tertiary/aromatic N) is 2. The Balaban J connectivity index is 1.52. The summed E-state index contributed by atoms with van der Waals surface area (Å²) in [6, 6.07) is 29.4. The van der Waals surface area contributed by atoms with Crippen LogP contribution < -0.4 is 10.2 Å². The Morgan fingerprint density at radius 3 is 2.06 bits per heavy atom. The molecule has 1 aliphatic carbocycles. The van der Waals surface area contributed by atoms with Gasteiger partial charge in [0.1, 0.15) is 0 Å². The number of aryl methyl sites for hydroxylation is 1. The first kappa shape index (κ1) is 20.3. The second-order valence-corrected chi connectivity index (χ2v) is 8.87. The van der Waals surface area contributed by atoms with Gasteiger partial charge in [-0.1, -0.05) is 72.8 Å². The van der Waals surface area contributed by atoms with Crippen molar-refractivity contribution in [2.45, 2.75) is 38.4 Å². The molecule has 0 spiro atoms. The second-order valence-electron chi connectivity index (χ2n) is 8.87. The third-order valence-electron chi connectivity index (χ3n) is 6.79. The van der Waals surface area contributed by atoms with Crippen molar-refractivity contribution in [3.05, 3.63) is 101 Å². The van der Waals surface area contributed by atoms with Gasteiger partial charge in [-0.15, -0.1) is 0 Å². The first-order valence-electron chi connectivity index (χ1n) is 11.8. The fraction of sp³-hybridized carbons (Fsp3) is 0.357. The Morgan fingerprint density at radius 1 is 0.774 bits per heavy atom. The Kier molecular flexibility index (Phi) is 6.33. The van der Waals surface area contributed by atoms with Crippen molar-refractivity contribution in [3.8, 4) is 0 Å². The molecule has 3 nitrogen and oxygen atoms in total. The molecule has 160 valence electrons. The molecule has 0 radical (unpaired) electrons. The number of hydrogen-bond donors (Lipinski definition) is 1. The van der Waals surface area contributed by atoms with Crippen LogP contribution in [0, 0.1) is 0 Å². The number of rotatable bonds is 6. The molecule has 5 rings (SSSR count). The number of fused-ring (bicyclic) bond motifs is 1. The summed E-state index contributed by atoms with van der Waals surface area (Å²) >= 11 is 0. The highest BCUT2D eigenvalue weighted by Gasteiger charge is 2.30. The number of piperazine rings is 1. The molecule has 0 aromatic heterocycles. The van der Waals surface area contributed by atoms with E-state index in [1.807, 2.05) is 0 Å². The lowest BCUT2D eigenvalue weighted by Gasteiger charge is -2.40. The molecule has 1 fully saturated rings. The Morgan fingerprint density at radius 2 is 1.42 bits per heavy atom. The first-order chi connectivity index (χ1) is 15.4. The lowest BCUT2D eigenvalue weighted by molar-refractivity contribution is 0.161. The molecule has 1 aliphatic heterocycles. The Hall–Kier alpha value is -2.62. The van der Waals surface area contributed by atoms with E-state index in [4.69, 9.17) is 0 Å². The van der Waals surface area contributed by atoms with Crippen LogP contribution in [0.25, 0.3) is 0 Å². The van der Waals surface area contributed by atoms with Crippen LogP contribution >= 0.6 is 0 Å². The van der Waals surface area contributed by atoms with Crippen LogP contribution in [0.2, 0.25) is 0 Å². The first-order valence-corrected chi connectivity index (χ1v) is 11.8. The smallest absolute Gasteiger partial charge is 0.0418 e. The fourth-order valence-corrected chi connectivity index (χ4v) is 5.29. The highest BCUT2D eigenvalue weighted by atomic mass is 15.2. The molecular formula is C28H33N3. The van der Waals surface area contributed by atoms with E-state index >= 15 is 0 Å². The van der Waals surface area contributed by atoms with Crippen LogP contribution in [0.1, 0.15) is 41.1 Å². The van der Waals surface area contributed by atoms with Crippen molar-refractivity contribution in [2.24, 2.45) is 0 Å². The van der Waals surface area contributed by atoms with E-state index in [9.17, 15) is 0 Å². The largest absolute Gasteiger partial charge is 0.369 e. The van der Waals surface area contributed by atoms with Crippen molar-refractivity contribution in [1.29, 1.82) is 0 Å². The summed E-state index contributed by atoms with van der Waals surface area (Å²) in [6.45, 7) is 6.31. The maximum Gasteiger partial charge on any atom is 0.0418 e. The van der Waals surface area contributed by atoms with Gasteiger partial charge in [-0.05, 0) is 47.6 Å². The molecule has 31 heavy (non-hydrogen) atoms. The molecule has 1 atom stereocenters. The number of nitrogens with one attached hydrogen (secondary N) is 1. The minimum atomic E-state index is 0.454. The quantitative estimate of drug-likeness (QED) is 0.603. The topological polar surface area (TPSA) is 18.5 Å². The summed E-state index contributed by atoms with van der Waals surface area (Å²) in [7, 11) is 0. The van der Waals surface area contributed by atoms with Crippen LogP contribution in [0.3, 0.4) is 0 Å². The normalized spacial score (nSPS) is 18.7. The minimum absolute atomic E-state index is 0.454. The Bertz CT molecular complexity index is 923. The van der Waals surface area contributed by atoms with Crippen molar-refractivity contribution in [2.75, 3.05) is 31.1 Å². The van der Waals surface area contributed by atoms with Crippen molar-refractivity contribution < 1.29 is 0 Å². The van der Waals surface area contributed by atoms with Gasteiger partial charge in [0.25, 0.3) is 0 Å². The van der Waals surface area contributed by atoms with Crippen LogP contribution in [0.15, 0.2) is 78.9 Å². The van der Waals surface area contributed by atoms with E-state index in [-0.39, 0.29) is 0 Å². The number of anilines is 1. The monoisotopic (exact) mass is 411 g/mol. The lowest BCUT2D eigenvalue weighted by atomic mass is 9.84. The Labute approximate surface area is 186 Å². The predicted octanol–water partition coefficient (Wildman–Crippen LogP) is 5.18. The van der Waals surface area contributed by atoms with Gasteiger partial charge >= 0.3 is 0 Å². The molecular weight excluding hydrogens is 378 g/mol. The lowest BCUT2D eigenvalue weighted by Crippen LogP contribution is -2.44.